The van der Waals surface area contributed by atoms with E-state index >= 15 is 0 Å². The smallest absolute Gasteiger partial charge is 0.0465 e. The summed E-state index contributed by atoms with van der Waals surface area (Å²) in [4.78, 5) is 2.46. The molecule has 8 aromatic rings. The second-order valence-electron chi connectivity index (χ2n) is 16.4. The average molecular weight is 722 g/mol. The summed E-state index contributed by atoms with van der Waals surface area (Å²) in [7, 11) is 0. The molecular formula is C55H47N. The molecule has 10 rings (SSSR count). The molecule has 0 N–H and O–H groups in total. The molecule has 1 heteroatoms. The molecule has 272 valence electrons. The molecule has 0 atom stereocenters. The Morgan fingerprint density at radius 3 is 1.73 bits per heavy atom. The van der Waals surface area contributed by atoms with E-state index in [-0.39, 0.29) is 10.8 Å². The molecule has 0 aliphatic heterocycles. The van der Waals surface area contributed by atoms with Gasteiger partial charge in [-0.3, -0.25) is 0 Å². The van der Waals surface area contributed by atoms with Crippen LogP contribution in [0, 0.1) is 0 Å². The maximum atomic E-state index is 2.46. The van der Waals surface area contributed by atoms with Crippen LogP contribution in [0.1, 0.15) is 68.2 Å². The van der Waals surface area contributed by atoms with Crippen LogP contribution in [0.2, 0.25) is 0 Å². The zero-order valence-corrected chi connectivity index (χ0v) is 32.4. The Labute approximate surface area is 331 Å². The Morgan fingerprint density at radius 2 is 1.00 bits per heavy atom. The normalized spacial score (nSPS) is 15.2. The van der Waals surface area contributed by atoms with E-state index in [4.69, 9.17) is 0 Å². The molecule has 1 nitrogen and oxygen atoms in total. The molecule has 1 saturated carbocycles. The Bertz CT molecular complexity index is 2660. The van der Waals surface area contributed by atoms with Crippen molar-refractivity contribution in [2.75, 3.05) is 4.90 Å². The SMILES string of the molecule is CC1(C)c2cc(N(c3ccc(-c4ccc5ccccc5c4)cc3)c3ccc(C4(c5ccccc5)CCCCC4)cc3)ccc2-c2c(-c3ccccc3)cccc21. The molecule has 8 aromatic carbocycles. The van der Waals surface area contributed by atoms with Crippen molar-refractivity contribution >= 4 is 27.8 Å². The molecule has 0 bridgehead atoms. The minimum Gasteiger partial charge on any atom is -0.310 e. The number of rotatable bonds is 7. The fourth-order valence-electron chi connectivity index (χ4n) is 9.98. The molecule has 1 fully saturated rings. The van der Waals surface area contributed by atoms with Gasteiger partial charge in [-0.2, -0.15) is 0 Å². The molecule has 2 aliphatic carbocycles. The minimum atomic E-state index is -0.149. The van der Waals surface area contributed by atoms with Crippen LogP contribution in [-0.4, -0.2) is 0 Å². The summed E-state index contributed by atoms with van der Waals surface area (Å²) in [6, 6.07) is 70.2. The van der Waals surface area contributed by atoms with Gasteiger partial charge in [0.2, 0.25) is 0 Å². The van der Waals surface area contributed by atoms with Gasteiger partial charge in [0, 0.05) is 27.9 Å². The molecule has 0 spiro atoms. The number of hydrogen-bond donors (Lipinski definition) is 0. The topological polar surface area (TPSA) is 3.24 Å². The highest BCUT2D eigenvalue weighted by atomic mass is 15.1. The number of anilines is 3. The van der Waals surface area contributed by atoms with Crippen LogP contribution in [0.4, 0.5) is 17.1 Å². The summed E-state index contributed by atoms with van der Waals surface area (Å²) < 4.78 is 0. The number of benzene rings is 8. The predicted octanol–water partition coefficient (Wildman–Crippen LogP) is 15.2. The summed E-state index contributed by atoms with van der Waals surface area (Å²) in [6.45, 7) is 4.78. The standard InChI is InChI=1S/C55H47N/c1-54(2)51-22-14-21-49(41-16-6-3-7-17-41)53(51)50-34-33-48(38-52(50)54)56(46-29-25-40(26-30-46)43-24-23-39-15-10-11-18-42(39)37-43)47-31-27-45(28-32-47)55(35-12-5-13-36-55)44-19-8-4-9-20-44/h3-4,6-11,14-34,37-38H,5,12-13,35-36H2,1-2H3. The minimum absolute atomic E-state index is 0.0597. The van der Waals surface area contributed by atoms with Crippen molar-refractivity contribution < 1.29 is 0 Å². The molecule has 56 heavy (non-hydrogen) atoms. The second kappa shape index (κ2) is 13.8. The van der Waals surface area contributed by atoms with Crippen LogP contribution in [-0.2, 0) is 10.8 Å². The van der Waals surface area contributed by atoms with Crippen molar-refractivity contribution in [1.82, 2.24) is 0 Å². The lowest BCUT2D eigenvalue weighted by molar-refractivity contribution is 0.346. The molecule has 0 amide bonds. The molecular weight excluding hydrogens is 675 g/mol. The molecule has 0 saturated heterocycles. The lowest BCUT2D eigenvalue weighted by atomic mass is 9.65. The van der Waals surface area contributed by atoms with Crippen LogP contribution < -0.4 is 4.90 Å². The second-order valence-corrected chi connectivity index (χ2v) is 16.4. The summed E-state index contributed by atoms with van der Waals surface area (Å²) in [5.74, 6) is 0. The van der Waals surface area contributed by atoms with Gasteiger partial charge in [0.25, 0.3) is 0 Å². The first-order valence-electron chi connectivity index (χ1n) is 20.4. The number of nitrogens with zero attached hydrogens (tertiary/aromatic N) is 1. The zero-order chi connectivity index (χ0) is 37.7. The fraction of sp³-hybridized carbons (Fsp3) is 0.164. The van der Waals surface area contributed by atoms with Gasteiger partial charge in [-0.1, -0.05) is 179 Å². The Hall–Kier alpha value is -6.18. The Balaban J connectivity index is 1.09. The van der Waals surface area contributed by atoms with Crippen LogP contribution in [0.15, 0.2) is 188 Å². The molecule has 0 unspecified atom stereocenters. The molecule has 0 heterocycles. The highest BCUT2D eigenvalue weighted by Crippen LogP contribution is 2.54. The lowest BCUT2D eigenvalue weighted by Gasteiger charge is -2.39. The van der Waals surface area contributed by atoms with E-state index in [2.05, 4.69) is 207 Å². The van der Waals surface area contributed by atoms with Crippen LogP contribution in [0.25, 0.3) is 44.2 Å². The highest BCUT2D eigenvalue weighted by Gasteiger charge is 2.38. The van der Waals surface area contributed by atoms with E-state index in [1.54, 1.807) is 0 Å². The van der Waals surface area contributed by atoms with Gasteiger partial charge in [0.1, 0.15) is 0 Å². The van der Waals surface area contributed by atoms with Crippen LogP contribution >= 0.6 is 0 Å². The van der Waals surface area contributed by atoms with Crippen LogP contribution in [0.5, 0.6) is 0 Å². The summed E-state index contributed by atoms with van der Waals surface area (Å²) in [5, 5.41) is 2.53. The highest BCUT2D eigenvalue weighted by molar-refractivity contribution is 5.94. The van der Waals surface area contributed by atoms with E-state index in [9.17, 15) is 0 Å². The van der Waals surface area contributed by atoms with Crippen molar-refractivity contribution in [3.05, 3.63) is 210 Å². The first-order valence-corrected chi connectivity index (χ1v) is 20.4. The van der Waals surface area contributed by atoms with Gasteiger partial charge in [0.05, 0.1) is 0 Å². The Morgan fingerprint density at radius 1 is 0.393 bits per heavy atom. The molecule has 0 radical (unpaired) electrons. The van der Waals surface area contributed by atoms with Crippen molar-refractivity contribution in [3.63, 3.8) is 0 Å². The van der Waals surface area contributed by atoms with Crippen molar-refractivity contribution in [2.24, 2.45) is 0 Å². The van der Waals surface area contributed by atoms with Gasteiger partial charge in [-0.05, 0) is 122 Å². The van der Waals surface area contributed by atoms with E-state index in [0.29, 0.717) is 0 Å². The van der Waals surface area contributed by atoms with E-state index in [1.807, 2.05) is 0 Å². The van der Waals surface area contributed by atoms with Crippen molar-refractivity contribution in [2.45, 2.75) is 56.8 Å². The van der Waals surface area contributed by atoms with Gasteiger partial charge in [-0.15, -0.1) is 0 Å². The number of hydrogen-bond acceptors (Lipinski definition) is 1. The summed E-state index contributed by atoms with van der Waals surface area (Å²) in [5.41, 5.74) is 16.7. The average Bonchev–Trinajstić information content (AvgIpc) is 3.50. The maximum absolute atomic E-state index is 2.46. The third-order valence-corrected chi connectivity index (χ3v) is 12.9. The van der Waals surface area contributed by atoms with Crippen LogP contribution in [0.3, 0.4) is 0 Å². The van der Waals surface area contributed by atoms with Gasteiger partial charge >= 0.3 is 0 Å². The fourth-order valence-corrected chi connectivity index (χ4v) is 9.98. The zero-order valence-electron chi connectivity index (χ0n) is 32.4. The van der Waals surface area contributed by atoms with Gasteiger partial charge in [-0.25, -0.2) is 0 Å². The first kappa shape index (κ1) is 34.3. The summed E-state index contributed by atoms with van der Waals surface area (Å²) in [6.07, 6.45) is 6.25. The first-order chi connectivity index (χ1) is 27.5. The predicted molar refractivity (Wildman–Crippen MR) is 237 cm³/mol. The third-order valence-electron chi connectivity index (χ3n) is 12.9. The largest absolute Gasteiger partial charge is 0.310 e. The van der Waals surface area contributed by atoms with Crippen molar-refractivity contribution in [1.29, 1.82) is 0 Å². The molecule has 2 aliphatic rings. The summed E-state index contributed by atoms with van der Waals surface area (Å²) >= 11 is 0. The quantitative estimate of drug-likeness (QED) is 0.158. The molecule has 0 aromatic heterocycles. The third kappa shape index (κ3) is 5.77. The van der Waals surface area contributed by atoms with Crippen molar-refractivity contribution in [3.8, 4) is 33.4 Å². The Kier molecular flexibility index (Phi) is 8.48. The monoisotopic (exact) mass is 721 g/mol. The van der Waals surface area contributed by atoms with E-state index in [1.165, 1.54) is 110 Å². The van der Waals surface area contributed by atoms with E-state index < -0.39 is 0 Å². The van der Waals surface area contributed by atoms with E-state index in [0.717, 1.165) is 5.69 Å². The lowest BCUT2D eigenvalue weighted by Crippen LogP contribution is -2.30. The van der Waals surface area contributed by atoms with Gasteiger partial charge < -0.3 is 4.90 Å². The maximum Gasteiger partial charge on any atom is 0.0465 e. The number of fused-ring (bicyclic) bond motifs is 4. The van der Waals surface area contributed by atoms with Gasteiger partial charge in [0.15, 0.2) is 0 Å².